The Morgan fingerprint density at radius 1 is 1.00 bits per heavy atom. The lowest BCUT2D eigenvalue weighted by Gasteiger charge is -2.06. The van der Waals surface area contributed by atoms with Crippen molar-refractivity contribution in [3.8, 4) is 5.75 Å². The van der Waals surface area contributed by atoms with Crippen molar-refractivity contribution in [1.82, 2.24) is 0 Å². The monoisotopic (exact) mass is 244 g/mol. The summed E-state index contributed by atoms with van der Waals surface area (Å²) >= 11 is 0. The minimum atomic E-state index is -0.412. The Labute approximate surface area is 105 Å². The standard InChI is InChI=1S/C15H13FO2/c16-13-8-4-5-9-15(13)18-11-10-14(17)12-6-2-1-3-7-12/h1-9H,10-11H2. The van der Waals surface area contributed by atoms with Crippen LogP contribution >= 0.6 is 0 Å². The lowest BCUT2D eigenvalue weighted by atomic mass is 10.1. The molecule has 18 heavy (non-hydrogen) atoms. The number of hydrogen-bond donors (Lipinski definition) is 0. The lowest BCUT2D eigenvalue weighted by molar-refractivity contribution is 0.0961. The molecule has 2 rings (SSSR count). The highest BCUT2D eigenvalue weighted by molar-refractivity contribution is 5.96. The summed E-state index contributed by atoms with van der Waals surface area (Å²) < 4.78 is 18.5. The van der Waals surface area contributed by atoms with E-state index in [1.165, 1.54) is 6.07 Å². The number of para-hydroxylation sites is 1. The Kier molecular flexibility index (Phi) is 4.07. The molecule has 0 atom stereocenters. The van der Waals surface area contributed by atoms with E-state index in [9.17, 15) is 9.18 Å². The smallest absolute Gasteiger partial charge is 0.166 e. The van der Waals surface area contributed by atoms with Crippen LogP contribution in [0.2, 0.25) is 0 Å². The fraction of sp³-hybridized carbons (Fsp3) is 0.133. The number of benzene rings is 2. The van der Waals surface area contributed by atoms with Crippen LogP contribution in [0.25, 0.3) is 0 Å². The molecule has 0 amide bonds. The Balaban J connectivity index is 1.86. The maximum absolute atomic E-state index is 13.2. The van der Waals surface area contributed by atoms with Crippen molar-refractivity contribution in [2.75, 3.05) is 6.61 Å². The molecule has 0 aromatic heterocycles. The zero-order valence-electron chi connectivity index (χ0n) is 9.80. The number of hydrogen-bond acceptors (Lipinski definition) is 2. The number of ether oxygens (including phenoxy) is 1. The second-order valence-corrected chi connectivity index (χ2v) is 3.82. The van der Waals surface area contributed by atoms with Gasteiger partial charge >= 0.3 is 0 Å². The minimum absolute atomic E-state index is 0.00746. The van der Waals surface area contributed by atoms with Gasteiger partial charge in [0.1, 0.15) is 0 Å². The highest BCUT2D eigenvalue weighted by Gasteiger charge is 2.06. The van der Waals surface area contributed by atoms with E-state index < -0.39 is 5.82 Å². The van der Waals surface area contributed by atoms with Crippen LogP contribution in [-0.2, 0) is 0 Å². The summed E-state index contributed by atoms with van der Waals surface area (Å²) in [5.74, 6) is -0.241. The van der Waals surface area contributed by atoms with Gasteiger partial charge < -0.3 is 4.74 Å². The van der Waals surface area contributed by atoms with Crippen LogP contribution in [0.1, 0.15) is 16.8 Å². The normalized spacial score (nSPS) is 10.1. The number of Topliss-reactive ketones (excluding diaryl/α,β-unsaturated/α-hetero) is 1. The van der Waals surface area contributed by atoms with Gasteiger partial charge in [0.25, 0.3) is 0 Å². The average molecular weight is 244 g/mol. The van der Waals surface area contributed by atoms with E-state index >= 15 is 0 Å². The molecule has 0 spiro atoms. The number of ketones is 1. The van der Waals surface area contributed by atoms with Crippen molar-refractivity contribution in [2.24, 2.45) is 0 Å². The van der Waals surface area contributed by atoms with Gasteiger partial charge in [0.05, 0.1) is 6.61 Å². The zero-order valence-corrected chi connectivity index (χ0v) is 9.80. The average Bonchev–Trinajstić information content (AvgIpc) is 2.42. The number of carbonyl (C=O) groups excluding carboxylic acids is 1. The van der Waals surface area contributed by atoms with Crippen LogP contribution in [0.5, 0.6) is 5.75 Å². The van der Waals surface area contributed by atoms with Gasteiger partial charge in [-0.1, -0.05) is 42.5 Å². The molecule has 0 heterocycles. The van der Waals surface area contributed by atoms with Crippen LogP contribution in [0.15, 0.2) is 54.6 Å². The molecular formula is C15H13FO2. The molecule has 2 aromatic rings. The van der Waals surface area contributed by atoms with E-state index in [1.54, 1.807) is 30.3 Å². The molecule has 0 aliphatic rings. The molecule has 0 saturated carbocycles. The molecule has 2 aromatic carbocycles. The summed E-state index contributed by atoms with van der Waals surface area (Å²) in [6.07, 6.45) is 0.234. The van der Waals surface area contributed by atoms with Crippen LogP contribution in [0.3, 0.4) is 0 Å². The van der Waals surface area contributed by atoms with Crippen molar-refractivity contribution < 1.29 is 13.9 Å². The summed E-state index contributed by atoms with van der Waals surface area (Å²) in [5, 5.41) is 0. The topological polar surface area (TPSA) is 26.3 Å². The molecular weight excluding hydrogens is 231 g/mol. The maximum atomic E-state index is 13.2. The van der Waals surface area contributed by atoms with Crippen LogP contribution < -0.4 is 4.74 Å². The molecule has 92 valence electrons. The molecule has 0 saturated heterocycles. The van der Waals surface area contributed by atoms with E-state index in [-0.39, 0.29) is 24.6 Å². The Morgan fingerprint density at radius 3 is 2.39 bits per heavy atom. The molecule has 2 nitrogen and oxygen atoms in total. The number of halogens is 1. The van der Waals surface area contributed by atoms with Crippen LogP contribution in [0.4, 0.5) is 4.39 Å². The fourth-order valence-corrected chi connectivity index (χ4v) is 1.58. The van der Waals surface area contributed by atoms with E-state index in [4.69, 9.17) is 4.74 Å². The predicted octanol–water partition coefficient (Wildman–Crippen LogP) is 3.48. The van der Waals surface area contributed by atoms with Crippen LogP contribution in [-0.4, -0.2) is 12.4 Å². The molecule has 3 heteroatoms. The second-order valence-electron chi connectivity index (χ2n) is 3.82. The Morgan fingerprint density at radius 2 is 1.67 bits per heavy atom. The van der Waals surface area contributed by atoms with Crippen molar-refractivity contribution >= 4 is 5.78 Å². The van der Waals surface area contributed by atoms with Crippen molar-refractivity contribution in [3.05, 3.63) is 66.0 Å². The van der Waals surface area contributed by atoms with E-state index in [2.05, 4.69) is 0 Å². The van der Waals surface area contributed by atoms with Gasteiger partial charge in [-0.3, -0.25) is 4.79 Å². The van der Waals surface area contributed by atoms with Gasteiger partial charge in [0.2, 0.25) is 0 Å². The first-order valence-corrected chi connectivity index (χ1v) is 5.73. The first-order chi connectivity index (χ1) is 8.77. The first kappa shape index (κ1) is 12.3. The Bertz CT molecular complexity index is 523. The molecule has 0 fully saturated rings. The highest BCUT2D eigenvalue weighted by Crippen LogP contribution is 2.15. The third kappa shape index (κ3) is 3.17. The van der Waals surface area contributed by atoms with Crippen molar-refractivity contribution in [1.29, 1.82) is 0 Å². The molecule has 0 radical (unpaired) electrons. The second kappa shape index (κ2) is 5.96. The SMILES string of the molecule is O=C(CCOc1ccccc1F)c1ccccc1. The third-order valence-electron chi connectivity index (χ3n) is 2.52. The molecule has 0 aliphatic heterocycles. The molecule has 0 unspecified atom stereocenters. The predicted molar refractivity (Wildman–Crippen MR) is 67.3 cm³/mol. The van der Waals surface area contributed by atoms with Gasteiger partial charge in [-0.2, -0.15) is 0 Å². The largest absolute Gasteiger partial charge is 0.490 e. The van der Waals surface area contributed by atoms with E-state index in [0.29, 0.717) is 5.56 Å². The first-order valence-electron chi connectivity index (χ1n) is 5.73. The summed E-state index contributed by atoms with van der Waals surface area (Å²) in [5.41, 5.74) is 0.648. The van der Waals surface area contributed by atoms with Gasteiger partial charge in [-0.15, -0.1) is 0 Å². The van der Waals surface area contributed by atoms with E-state index in [0.717, 1.165) is 0 Å². The quantitative estimate of drug-likeness (QED) is 0.753. The van der Waals surface area contributed by atoms with Crippen LogP contribution in [0, 0.1) is 5.82 Å². The van der Waals surface area contributed by atoms with Gasteiger partial charge in [-0.05, 0) is 12.1 Å². The highest BCUT2D eigenvalue weighted by atomic mass is 19.1. The van der Waals surface area contributed by atoms with Crippen molar-refractivity contribution in [3.63, 3.8) is 0 Å². The maximum Gasteiger partial charge on any atom is 0.166 e. The summed E-state index contributed by atoms with van der Waals surface area (Å²) in [6, 6.07) is 15.1. The summed E-state index contributed by atoms with van der Waals surface area (Å²) in [6.45, 7) is 0.175. The summed E-state index contributed by atoms with van der Waals surface area (Å²) in [4.78, 5) is 11.7. The zero-order chi connectivity index (χ0) is 12.8. The fourth-order valence-electron chi connectivity index (χ4n) is 1.58. The molecule has 0 bridgehead atoms. The number of carbonyl (C=O) groups is 1. The van der Waals surface area contributed by atoms with Gasteiger partial charge in [0, 0.05) is 12.0 Å². The molecule has 0 N–H and O–H groups in total. The van der Waals surface area contributed by atoms with Crippen molar-refractivity contribution in [2.45, 2.75) is 6.42 Å². The molecule has 0 aliphatic carbocycles. The third-order valence-corrected chi connectivity index (χ3v) is 2.52. The van der Waals surface area contributed by atoms with Gasteiger partial charge in [-0.25, -0.2) is 4.39 Å². The lowest BCUT2D eigenvalue weighted by Crippen LogP contribution is -2.07. The Hall–Kier alpha value is -2.16. The number of rotatable bonds is 5. The van der Waals surface area contributed by atoms with E-state index in [1.807, 2.05) is 18.2 Å². The minimum Gasteiger partial charge on any atom is -0.490 e. The summed E-state index contributed by atoms with van der Waals surface area (Å²) in [7, 11) is 0. The van der Waals surface area contributed by atoms with Gasteiger partial charge in [0.15, 0.2) is 17.3 Å².